The minimum Gasteiger partial charge on any atom is -0.466 e. The second-order valence-corrected chi connectivity index (χ2v) is 12.3. The minimum absolute atomic E-state index is 0.0256. The van der Waals surface area contributed by atoms with Crippen molar-refractivity contribution >= 4 is 40.9 Å². The Balaban J connectivity index is 1.63. The van der Waals surface area contributed by atoms with E-state index in [2.05, 4.69) is 5.10 Å². The van der Waals surface area contributed by atoms with Gasteiger partial charge in [0.25, 0.3) is 5.91 Å². The molecule has 0 spiro atoms. The fraction of sp³-hybridized carbons (Fsp3) is 0.571. The summed E-state index contributed by atoms with van der Waals surface area (Å²) in [5, 5.41) is 3.46. The molecule has 0 saturated heterocycles. The van der Waals surface area contributed by atoms with Crippen LogP contribution in [0.1, 0.15) is 91.7 Å². The van der Waals surface area contributed by atoms with Crippen molar-refractivity contribution in [1.82, 2.24) is 14.7 Å². The predicted molar refractivity (Wildman–Crippen MR) is 143 cm³/mol. The Morgan fingerprint density at radius 3 is 2.20 bits per heavy atom. The summed E-state index contributed by atoms with van der Waals surface area (Å²) in [6.07, 6.45) is -1.51. The van der Waals surface area contributed by atoms with Crippen molar-refractivity contribution in [1.29, 1.82) is 0 Å². The van der Waals surface area contributed by atoms with Crippen LogP contribution in [0, 0.1) is 16.6 Å². The molecule has 0 unspecified atom stereocenters. The van der Waals surface area contributed by atoms with Gasteiger partial charge in [-0.15, -0.1) is 0 Å². The maximum Gasteiger partial charge on any atom is 0.433 e. The Labute approximate surface area is 245 Å². The second-order valence-electron chi connectivity index (χ2n) is 11.5. The number of nitrogens with zero attached hydrogens (tertiary/aromatic N) is 3. The zero-order valence-electron chi connectivity index (χ0n) is 22.9. The summed E-state index contributed by atoms with van der Waals surface area (Å²) < 4.78 is 63.1. The van der Waals surface area contributed by atoms with E-state index < -0.39 is 52.9 Å². The molecule has 0 radical (unpaired) electrons. The van der Waals surface area contributed by atoms with E-state index in [0.717, 1.165) is 40.8 Å². The van der Waals surface area contributed by atoms with E-state index in [-0.39, 0.29) is 53.0 Å². The van der Waals surface area contributed by atoms with Crippen LogP contribution in [0.25, 0.3) is 0 Å². The Morgan fingerprint density at radius 1 is 1.10 bits per heavy atom. The molecule has 2 aliphatic rings. The van der Waals surface area contributed by atoms with Gasteiger partial charge in [0.1, 0.15) is 5.82 Å². The topological polar surface area (TPSA) is 81.5 Å². The molecule has 41 heavy (non-hydrogen) atoms. The van der Waals surface area contributed by atoms with Gasteiger partial charge >= 0.3 is 12.1 Å². The summed E-state index contributed by atoms with van der Waals surface area (Å²) in [7, 11) is 0. The summed E-state index contributed by atoms with van der Waals surface area (Å²) in [6.45, 7) is 4.91. The summed E-state index contributed by atoms with van der Waals surface area (Å²) >= 11 is 12.1. The molecule has 1 aromatic carbocycles. The molecule has 0 bridgehead atoms. The molecular weight excluding hydrogens is 589 g/mol. The van der Waals surface area contributed by atoms with Crippen LogP contribution in [0.2, 0.25) is 10.0 Å². The molecule has 1 heterocycles. The molecule has 0 aliphatic heterocycles. The number of ether oxygens (including phenoxy) is 1. The van der Waals surface area contributed by atoms with Crippen molar-refractivity contribution in [3.05, 3.63) is 51.0 Å². The Morgan fingerprint density at radius 2 is 1.68 bits per heavy atom. The highest BCUT2D eigenvalue weighted by molar-refractivity contribution is 6.40. The van der Waals surface area contributed by atoms with Gasteiger partial charge in [-0.3, -0.25) is 19.1 Å². The molecule has 2 aliphatic carbocycles. The fourth-order valence-corrected chi connectivity index (χ4v) is 6.01. The predicted octanol–water partition coefficient (Wildman–Crippen LogP) is 7.16. The summed E-state index contributed by atoms with van der Waals surface area (Å²) in [4.78, 5) is 40.3. The monoisotopic (exact) mass is 619 g/mol. The highest BCUT2D eigenvalue weighted by Gasteiger charge is 2.47. The first-order chi connectivity index (χ1) is 19.1. The third-order valence-electron chi connectivity index (χ3n) is 8.05. The quantitative estimate of drug-likeness (QED) is 0.169. The van der Waals surface area contributed by atoms with Gasteiger partial charge in [0, 0.05) is 6.54 Å². The van der Waals surface area contributed by atoms with Crippen molar-refractivity contribution in [3.63, 3.8) is 0 Å². The summed E-state index contributed by atoms with van der Waals surface area (Å²) in [6, 6.07) is 1.11. The average Bonchev–Trinajstić information content (AvgIpc) is 3.41. The standard InChI is InChI=1S/C28H31Cl2F4N3O4/c1-4-41-25(40)27(3)7-5-17(6-8-27)37-23(28(32,33)34)18(13-35-37)24(39)36(15-26(2)9-10-26)14-21(38)22-19(29)11-16(31)12-20(22)30/h11-13,17H,4-10,14-15H2,1-3H3/t17-,27-. The molecule has 4 rings (SSSR count). The van der Waals surface area contributed by atoms with E-state index in [9.17, 15) is 31.9 Å². The van der Waals surface area contributed by atoms with Gasteiger partial charge in [-0.2, -0.15) is 18.3 Å². The number of carbonyl (C=O) groups is 3. The number of aromatic nitrogens is 2. The van der Waals surface area contributed by atoms with Gasteiger partial charge in [-0.1, -0.05) is 30.1 Å². The summed E-state index contributed by atoms with van der Waals surface area (Å²) in [5.41, 5.74) is -3.27. The van der Waals surface area contributed by atoms with Crippen molar-refractivity contribution in [2.45, 2.75) is 71.5 Å². The lowest BCUT2D eigenvalue weighted by Gasteiger charge is -2.36. The van der Waals surface area contributed by atoms with Gasteiger partial charge in [0.05, 0.1) is 52.0 Å². The number of Topliss-reactive ketones (excluding diaryl/α,β-unsaturated/α-hetero) is 1. The maximum absolute atomic E-state index is 14.5. The maximum atomic E-state index is 14.5. The lowest BCUT2D eigenvalue weighted by molar-refractivity contribution is -0.157. The average molecular weight is 620 g/mol. The molecular formula is C28H31Cl2F4N3O4. The molecule has 0 atom stereocenters. The summed E-state index contributed by atoms with van der Waals surface area (Å²) in [5.74, 6) is -2.89. The first-order valence-electron chi connectivity index (χ1n) is 13.4. The number of hydrogen-bond acceptors (Lipinski definition) is 5. The molecule has 2 fully saturated rings. The molecule has 224 valence electrons. The van der Waals surface area contributed by atoms with Crippen LogP contribution in [0.3, 0.4) is 0 Å². The number of alkyl halides is 3. The Bertz CT molecular complexity index is 1330. The van der Waals surface area contributed by atoms with E-state index in [1.807, 2.05) is 6.92 Å². The number of amides is 1. The van der Waals surface area contributed by atoms with Crippen molar-refractivity contribution in [2.75, 3.05) is 19.7 Å². The normalized spacial score (nSPS) is 21.8. The number of halogens is 6. The number of esters is 1. The van der Waals surface area contributed by atoms with Crippen molar-refractivity contribution in [3.8, 4) is 0 Å². The van der Waals surface area contributed by atoms with Crippen molar-refractivity contribution in [2.24, 2.45) is 10.8 Å². The van der Waals surface area contributed by atoms with E-state index in [4.69, 9.17) is 27.9 Å². The number of hydrogen-bond donors (Lipinski definition) is 0. The lowest BCUT2D eigenvalue weighted by Crippen LogP contribution is -2.40. The van der Waals surface area contributed by atoms with Crippen LogP contribution in [0.5, 0.6) is 0 Å². The van der Waals surface area contributed by atoms with E-state index >= 15 is 0 Å². The number of ketones is 1. The Kier molecular flexibility index (Phi) is 8.81. The van der Waals surface area contributed by atoms with Crippen molar-refractivity contribution < 1.29 is 36.7 Å². The minimum atomic E-state index is -4.92. The van der Waals surface area contributed by atoms with E-state index in [0.29, 0.717) is 12.8 Å². The van der Waals surface area contributed by atoms with Crippen LogP contribution in [0.4, 0.5) is 17.6 Å². The van der Waals surface area contributed by atoms with Crippen LogP contribution in [-0.4, -0.2) is 52.0 Å². The molecule has 2 saturated carbocycles. The SMILES string of the molecule is CCOC(=O)[C@]1(C)CC[C@@H](n2ncc(C(=O)N(CC(=O)c3c(Cl)cc(F)cc3Cl)CC3(C)CC3)c2C(F)(F)F)CC1. The zero-order chi connectivity index (χ0) is 30.3. The largest absolute Gasteiger partial charge is 0.466 e. The smallest absolute Gasteiger partial charge is 0.433 e. The molecule has 1 aromatic heterocycles. The molecule has 1 amide bonds. The van der Waals surface area contributed by atoms with Crippen LogP contribution < -0.4 is 0 Å². The first kappa shape index (κ1) is 31.3. The van der Waals surface area contributed by atoms with Gasteiger partial charge in [-0.25, -0.2) is 4.39 Å². The third-order valence-corrected chi connectivity index (χ3v) is 8.65. The van der Waals surface area contributed by atoms with Crippen LogP contribution in [0.15, 0.2) is 18.3 Å². The molecule has 7 nitrogen and oxygen atoms in total. The van der Waals surface area contributed by atoms with Gasteiger partial charge in [-0.05, 0) is 69.9 Å². The molecule has 13 heteroatoms. The highest BCUT2D eigenvalue weighted by Crippen LogP contribution is 2.47. The number of carbonyl (C=O) groups excluding carboxylic acids is 3. The molecule has 2 aromatic rings. The Hall–Kier alpha value is -2.66. The van der Waals surface area contributed by atoms with E-state index in [1.165, 1.54) is 0 Å². The number of benzene rings is 1. The van der Waals surface area contributed by atoms with Gasteiger partial charge in [0.15, 0.2) is 11.5 Å². The molecule has 0 N–H and O–H groups in total. The first-order valence-corrected chi connectivity index (χ1v) is 14.1. The number of rotatable bonds is 9. The van der Waals surface area contributed by atoms with Gasteiger partial charge in [0.2, 0.25) is 0 Å². The fourth-order valence-electron chi connectivity index (χ4n) is 5.34. The third kappa shape index (κ3) is 6.71. The second kappa shape index (κ2) is 11.6. The van der Waals surface area contributed by atoms with Gasteiger partial charge < -0.3 is 9.64 Å². The van der Waals surface area contributed by atoms with Crippen LogP contribution in [-0.2, 0) is 15.7 Å². The van der Waals surface area contributed by atoms with Crippen LogP contribution >= 0.6 is 23.2 Å². The zero-order valence-corrected chi connectivity index (χ0v) is 24.4. The lowest BCUT2D eigenvalue weighted by atomic mass is 9.74. The van der Waals surface area contributed by atoms with E-state index in [1.54, 1.807) is 13.8 Å². The highest BCUT2D eigenvalue weighted by atomic mass is 35.5.